The Morgan fingerprint density at radius 2 is 2.19 bits per heavy atom. The van der Waals surface area contributed by atoms with Crippen molar-refractivity contribution in [3.8, 4) is 0 Å². The predicted octanol–water partition coefficient (Wildman–Crippen LogP) is 3.27. The molecule has 2 rings (SSSR count). The summed E-state index contributed by atoms with van der Waals surface area (Å²) in [5, 5.41) is 3.55. The normalized spacial score (nSPS) is 28.4. The summed E-state index contributed by atoms with van der Waals surface area (Å²) >= 11 is 0. The standard InChI is InChI=1S/C15H23N/c1-11(2)16-10-14-9-15(14,4)13-7-5-6-12(3)8-13/h5-8,11,14,16H,9-10H2,1-4H3. The first-order valence-corrected chi connectivity index (χ1v) is 6.33. The monoisotopic (exact) mass is 217 g/mol. The molecule has 2 unspecified atom stereocenters. The lowest BCUT2D eigenvalue weighted by atomic mass is 9.94. The van der Waals surface area contributed by atoms with Crippen LogP contribution in [0, 0.1) is 12.8 Å². The molecule has 0 spiro atoms. The van der Waals surface area contributed by atoms with E-state index in [-0.39, 0.29) is 0 Å². The quantitative estimate of drug-likeness (QED) is 0.816. The fourth-order valence-corrected chi connectivity index (χ4v) is 2.48. The van der Waals surface area contributed by atoms with Crippen molar-refractivity contribution in [3.05, 3.63) is 35.4 Å². The van der Waals surface area contributed by atoms with Gasteiger partial charge in [-0.25, -0.2) is 0 Å². The lowest BCUT2D eigenvalue weighted by molar-refractivity contribution is 0.528. The highest BCUT2D eigenvalue weighted by Crippen LogP contribution is 2.53. The molecule has 1 N–H and O–H groups in total. The summed E-state index contributed by atoms with van der Waals surface area (Å²) in [5.41, 5.74) is 3.32. The van der Waals surface area contributed by atoms with Crippen LogP contribution in [0.2, 0.25) is 0 Å². The SMILES string of the molecule is Cc1cccc(C2(C)CC2CNC(C)C)c1. The second-order valence-corrected chi connectivity index (χ2v) is 5.75. The van der Waals surface area contributed by atoms with Gasteiger partial charge in [-0.2, -0.15) is 0 Å². The molecule has 1 fully saturated rings. The van der Waals surface area contributed by atoms with E-state index >= 15 is 0 Å². The first-order chi connectivity index (χ1) is 7.52. The molecule has 1 aliphatic rings. The highest BCUT2D eigenvalue weighted by Gasteiger charge is 2.50. The molecule has 1 heteroatoms. The van der Waals surface area contributed by atoms with E-state index in [9.17, 15) is 0 Å². The van der Waals surface area contributed by atoms with Crippen molar-refractivity contribution in [2.75, 3.05) is 6.54 Å². The van der Waals surface area contributed by atoms with Gasteiger partial charge in [-0.3, -0.25) is 0 Å². The number of rotatable bonds is 4. The summed E-state index contributed by atoms with van der Waals surface area (Å²) in [5.74, 6) is 0.816. The Labute approximate surface area is 99.3 Å². The second kappa shape index (κ2) is 4.21. The van der Waals surface area contributed by atoms with Gasteiger partial charge in [0.05, 0.1) is 0 Å². The van der Waals surface area contributed by atoms with Gasteiger partial charge in [-0.1, -0.05) is 50.6 Å². The predicted molar refractivity (Wildman–Crippen MR) is 69.8 cm³/mol. The molecule has 0 radical (unpaired) electrons. The van der Waals surface area contributed by atoms with E-state index in [2.05, 4.69) is 57.3 Å². The van der Waals surface area contributed by atoms with Gasteiger partial charge in [0.1, 0.15) is 0 Å². The zero-order valence-electron chi connectivity index (χ0n) is 10.9. The minimum atomic E-state index is 0.425. The van der Waals surface area contributed by atoms with Crippen molar-refractivity contribution in [3.63, 3.8) is 0 Å². The number of benzene rings is 1. The van der Waals surface area contributed by atoms with Crippen molar-refractivity contribution in [1.29, 1.82) is 0 Å². The third-order valence-corrected chi connectivity index (χ3v) is 3.86. The van der Waals surface area contributed by atoms with Gasteiger partial charge in [-0.15, -0.1) is 0 Å². The van der Waals surface area contributed by atoms with Crippen LogP contribution in [-0.4, -0.2) is 12.6 Å². The first-order valence-electron chi connectivity index (χ1n) is 6.33. The molecule has 0 aromatic heterocycles. The fraction of sp³-hybridized carbons (Fsp3) is 0.600. The van der Waals surface area contributed by atoms with E-state index in [1.807, 2.05) is 0 Å². The van der Waals surface area contributed by atoms with Crippen LogP contribution in [-0.2, 0) is 5.41 Å². The Balaban J connectivity index is 2.01. The Hall–Kier alpha value is -0.820. The first kappa shape index (κ1) is 11.7. The molecular weight excluding hydrogens is 194 g/mol. The molecule has 1 aromatic carbocycles. The zero-order valence-corrected chi connectivity index (χ0v) is 10.9. The van der Waals surface area contributed by atoms with Gasteiger partial charge < -0.3 is 5.32 Å². The van der Waals surface area contributed by atoms with Crippen LogP contribution in [0.3, 0.4) is 0 Å². The van der Waals surface area contributed by atoms with E-state index in [0.29, 0.717) is 11.5 Å². The lowest BCUT2D eigenvalue weighted by Crippen LogP contribution is -2.26. The molecule has 16 heavy (non-hydrogen) atoms. The molecule has 0 heterocycles. The van der Waals surface area contributed by atoms with Gasteiger partial charge >= 0.3 is 0 Å². The Kier molecular flexibility index (Phi) is 3.07. The zero-order chi connectivity index (χ0) is 11.8. The number of hydrogen-bond donors (Lipinski definition) is 1. The summed E-state index contributed by atoms with van der Waals surface area (Å²) in [6.07, 6.45) is 1.33. The number of nitrogens with one attached hydrogen (secondary N) is 1. The molecule has 1 aromatic rings. The Morgan fingerprint density at radius 3 is 2.81 bits per heavy atom. The molecule has 88 valence electrons. The molecule has 1 saturated carbocycles. The Bertz CT molecular complexity index is 369. The van der Waals surface area contributed by atoms with E-state index < -0.39 is 0 Å². The summed E-state index contributed by atoms with van der Waals surface area (Å²) < 4.78 is 0. The highest BCUT2D eigenvalue weighted by molar-refractivity contribution is 5.35. The average Bonchev–Trinajstić information content (AvgIpc) is 2.88. The molecule has 0 aliphatic heterocycles. The number of hydrogen-bond acceptors (Lipinski definition) is 1. The van der Waals surface area contributed by atoms with Crippen LogP contribution >= 0.6 is 0 Å². The van der Waals surface area contributed by atoms with Gasteiger partial charge in [-0.05, 0) is 36.8 Å². The summed E-state index contributed by atoms with van der Waals surface area (Å²) in [6, 6.07) is 9.58. The van der Waals surface area contributed by atoms with E-state index in [1.54, 1.807) is 0 Å². The lowest BCUT2D eigenvalue weighted by Gasteiger charge is -2.14. The van der Waals surface area contributed by atoms with Crippen molar-refractivity contribution in [2.24, 2.45) is 5.92 Å². The second-order valence-electron chi connectivity index (χ2n) is 5.75. The van der Waals surface area contributed by atoms with Gasteiger partial charge in [0, 0.05) is 6.04 Å². The fourth-order valence-electron chi connectivity index (χ4n) is 2.48. The summed E-state index contributed by atoms with van der Waals surface area (Å²) in [7, 11) is 0. The molecular formula is C15H23N. The minimum absolute atomic E-state index is 0.425. The van der Waals surface area contributed by atoms with Crippen molar-refractivity contribution >= 4 is 0 Å². The van der Waals surface area contributed by atoms with E-state index in [0.717, 1.165) is 12.5 Å². The molecule has 0 bridgehead atoms. The molecule has 0 saturated heterocycles. The average molecular weight is 217 g/mol. The number of aryl methyl sites for hydroxylation is 1. The Morgan fingerprint density at radius 1 is 1.44 bits per heavy atom. The van der Waals surface area contributed by atoms with E-state index in [4.69, 9.17) is 0 Å². The van der Waals surface area contributed by atoms with Crippen LogP contribution < -0.4 is 5.32 Å². The maximum Gasteiger partial charge on any atom is 0.00104 e. The van der Waals surface area contributed by atoms with Crippen LogP contribution in [0.15, 0.2) is 24.3 Å². The van der Waals surface area contributed by atoms with Gasteiger partial charge in [0.25, 0.3) is 0 Å². The van der Waals surface area contributed by atoms with Crippen LogP contribution in [0.1, 0.15) is 38.3 Å². The smallest absolute Gasteiger partial charge is 0.00104 e. The van der Waals surface area contributed by atoms with E-state index in [1.165, 1.54) is 17.5 Å². The largest absolute Gasteiger partial charge is 0.314 e. The topological polar surface area (TPSA) is 12.0 Å². The molecule has 0 amide bonds. The third-order valence-electron chi connectivity index (χ3n) is 3.86. The van der Waals surface area contributed by atoms with Crippen molar-refractivity contribution in [2.45, 2.75) is 45.6 Å². The summed E-state index contributed by atoms with van der Waals surface area (Å²) in [4.78, 5) is 0. The van der Waals surface area contributed by atoms with Crippen LogP contribution in [0.4, 0.5) is 0 Å². The van der Waals surface area contributed by atoms with Gasteiger partial charge in [0.2, 0.25) is 0 Å². The maximum atomic E-state index is 3.55. The van der Waals surface area contributed by atoms with Gasteiger partial charge in [0.15, 0.2) is 0 Å². The third kappa shape index (κ3) is 2.30. The van der Waals surface area contributed by atoms with Crippen molar-refractivity contribution < 1.29 is 0 Å². The molecule has 1 aliphatic carbocycles. The molecule has 2 atom stereocenters. The minimum Gasteiger partial charge on any atom is -0.314 e. The summed E-state index contributed by atoms with van der Waals surface area (Å²) in [6.45, 7) is 10.2. The van der Waals surface area contributed by atoms with Crippen LogP contribution in [0.25, 0.3) is 0 Å². The van der Waals surface area contributed by atoms with Crippen LogP contribution in [0.5, 0.6) is 0 Å². The van der Waals surface area contributed by atoms with Crippen molar-refractivity contribution in [1.82, 2.24) is 5.32 Å². The highest BCUT2D eigenvalue weighted by atomic mass is 14.9. The maximum absolute atomic E-state index is 3.55. The molecule has 1 nitrogen and oxygen atoms in total.